The average molecular weight is 277 g/mol. The molecule has 3 heteroatoms. The van der Waals surface area contributed by atoms with E-state index in [0.717, 1.165) is 13.0 Å². The molecule has 2 heterocycles. The van der Waals surface area contributed by atoms with E-state index in [1.165, 1.54) is 21.9 Å². The Balaban J connectivity index is 1.99. The number of aromatic nitrogens is 2. The molecule has 2 aromatic heterocycles. The van der Waals surface area contributed by atoms with Gasteiger partial charge < -0.3 is 5.32 Å². The first kappa shape index (κ1) is 13.7. The molecule has 0 saturated heterocycles. The van der Waals surface area contributed by atoms with Crippen LogP contribution < -0.4 is 5.32 Å². The summed E-state index contributed by atoms with van der Waals surface area (Å²) in [6.07, 6.45) is 8.48. The highest BCUT2D eigenvalue weighted by Crippen LogP contribution is 2.26. The van der Waals surface area contributed by atoms with Crippen LogP contribution in [0.1, 0.15) is 24.1 Å². The molecule has 0 spiro atoms. The third kappa shape index (κ3) is 3.09. The monoisotopic (exact) mass is 277 g/mol. The largest absolute Gasteiger partial charge is 0.310 e. The maximum atomic E-state index is 4.28. The van der Waals surface area contributed by atoms with Crippen LogP contribution in [0, 0.1) is 0 Å². The number of nitrogens with one attached hydrogen (secondary N) is 1. The number of hydrogen-bond acceptors (Lipinski definition) is 3. The molecule has 0 bridgehead atoms. The third-order valence-electron chi connectivity index (χ3n) is 3.71. The Labute approximate surface area is 125 Å². The molecule has 1 N–H and O–H groups in total. The summed E-state index contributed by atoms with van der Waals surface area (Å²) < 4.78 is 0. The third-order valence-corrected chi connectivity index (χ3v) is 3.71. The minimum Gasteiger partial charge on any atom is -0.310 e. The lowest BCUT2D eigenvalue weighted by Gasteiger charge is -2.20. The lowest BCUT2D eigenvalue weighted by atomic mass is 9.95. The molecule has 0 aliphatic rings. The molecule has 3 rings (SSSR count). The normalized spacial score (nSPS) is 12.4. The Morgan fingerprint density at radius 3 is 2.71 bits per heavy atom. The maximum Gasteiger partial charge on any atom is 0.0368 e. The minimum absolute atomic E-state index is 0.270. The smallest absolute Gasteiger partial charge is 0.0368 e. The first-order valence-corrected chi connectivity index (χ1v) is 7.33. The highest BCUT2D eigenvalue weighted by molar-refractivity contribution is 5.85. The van der Waals surface area contributed by atoms with Crippen molar-refractivity contribution < 1.29 is 0 Å². The Hall–Kier alpha value is -2.26. The summed E-state index contributed by atoms with van der Waals surface area (Å²) in [4.78, 5) is 8.50. The quantitative estimate of drug-likeness (QED) is 0.775. The van der Waals surface area contributed by atoms with Crippen LogP contribution in [0.15, 0.2) is 61.2 Å². The van der Waals surface area contributed by atoms with Crippen molar-refractivity contribution in [3.63, 3.8) is 0 Å². The summed E-state index contributed by atoms with van der Waals surface area (Å²) in [7, 11) is 0. The van der Waals surface area contributed by atoms with E-state index in [-0.39, 0.29) is 6.04 Å². The zero-order valence-corrected chi connectivity index (χ0v) is 12.2. The standard InChI is InChI=1S/C18H19N3/c1-2-21-18(11-14-5-4-9-19-12-14)16-7-3-6-15-8-10-20-13-17(15)16/h3-10,12-13,18,21H,2,11H2,1H3. The summed E-state index contributed by atoms with van der Waals surface area (Å²) in [5.74, 6) is 0. The number of rotatable bonds is 5. The van der Waals surface area contributed by atoms with E-state index < -0.39 is 0 Å². The number of hydrogen-bond donors (Lipinski definition) is 1. The molecule has 0 saturated carbocycles. The van der Waals surface area contributed by atoms with E-state index in [9.17, 15) is 0 Å². The van der Waals surface area contributed by atoms with Crippen LogP contribution in [0.2, 0.25) is 0 Å². The van der Waals surface area contributed by atoms with Gasteiger partial charge in [-0.15, -0.1) is 0 Å². The topological polar surface area (TPSA) is 37.8 Å². The van der Waals surface area contributed by atoms with Crippen molar-refractivity contribution in [3.8, 4) is 0 Å². The van der Waals surface area contributed by atoms with Gasteiger partial charge in [-0.05, 0) is 41.6 Å². The second-order valence-electron chi connectivity index (χ2n) is 5.12. The summed E-state index contributed by atoms with van der Waals surface area (Å²) in [6.45, 7) is 3.07. The zero-order valence-electron chi connectivity index (χ0n) is 12.2. The molecule has 0 amide bonds. The van der Waals surface area contributed by atoms with Crippen molar-refractivity contribution in [3.05, 3.63) is 72.3 Å². The molecule has 3 nitrogen and oxygen atoms in total. The van der Waals surface area contributed by atoms with Gasteiger partial charge in [-0.1, -0.05) is 31.2 Å². The molecule has 3 aromatic rings. The van der Waals surface area contributed by atoms with Crippen LogP contribution in [-0.4, -0.2) is 16.5 Å². The van der Waals surface area contributed by atoms with Gasteiger partial charge in [-0.2, -0.15) is 0 Å². The van der Waals surface area contributed by atoms with Crippen LogP contribution in [0.5, 0.6) is 0 Å². The van der Waals surface area contributed by atoms with E-state index in [2.05, 4.69) is 52.5 Å². The summed E-state index contributed by atoms with van der Waals surface area (Å²) in [6, 6.07) is 12.9. The van der Waals surface area contributed by atoms with Crippen molar-refractivity contribution in [2.45, 2.75) is 19.4 Å². The van der Waals surface area contributed by atoms with Gasteiger partial charge >= 0.3 is 0 Å². The minimum atomic E-state index is 0.270. The van der Waals surface area contributed by atoms with Gasteiger partial charge in [0.2, 0.25) is 0 Å². The molecule has 1 atom stereocenters. The molecule has 0 fully saturated rings. The number of fused-ring (bicyclic) bond motifs is 1. The van der Waals surface area contributed by atoms with E-state index >= 15 is 0 Å². The molecule has 21 heavy (non-hydrogen) atoms. The van der Waals surface area contributed by atoms with Gasteiger partial charge in [-0.3, -0.25) is 9.97 Å². The SMILES string of the molecule is CCNC(Cc1cccnc1)c1cccc2ccncc12. The van der Waals surface area contributed by atoms with Crippen LogP contribution in [-0.2, 0) is 6.42 Å². The van der Waals surface area contributed by atoms with E-state index in [1.54, 1.807) is 0 Å². The fraction of sp³-hybridized carbons (Fsp3) is 0.222. The second-order valence-corrected chi connectivity index (χ2v) is 5.12. The molecule has 1 unspecified atom stereocenters. The molecule has 0 aliphatic carbocycles. The maximum absolute atomic E-state index is 4.28. The number of benzene rings is 1. The summed E-state index contributed by atoms with van der Waals surface area (Å²) in [5.41, 5.74) is 2.54. The van der Waals surface area contributed by atoms with Crippen molar-refractivity contribution in [2.75, 3.05) is 6.54 Å². The fourth-order valence-electron chi connectivity index (χ4n) is 2.73. The van der Waals surface area contributed by atoms with E-state index in [0.29, 0.717) is 0 Å². The molecule has 0 radical (unpaired) electrons. The lowest BCUT2D eigenvalue weighted by molar-refractivity contribution is 0.552. The van der Waals surface area contributed by atoms with Crippen LogP contribution in [0.25, 0.3) is 10.8 Å². The highest BCUT2D eigenvalue weighted by atomic mass is 14.9. The van der Waals surface area contributed by atoms with Gasteiger partial charge in [0.15, 0.2) is 0 Å². The summed E-state index contributed by atoms with van der Waals surface area (Å²) in [5, 5.41) is 6.03. The van der Waals surface area contributed by atoms with Gasteiger partial charge in [0.05, 0.1) is 0 Å². The predicted octanol–water partition coefficient (Wildman–Crippen LogP) is 3.52. The van der Waals surface area contributed by atoms with Crippen LogP contribution >= 0.6 is 0 Å². The Bertz CT molecular complexity index is 704. The summed E-state index contributed by atoms with van der Waals surface area (Å²) >= 11 is 0. The lowest BCUT2D eigenvalue weighted by Crippen LogP contribution is -2.23. The molecular formula is C18H19N3. The Morgan fingerprint density at radius 1 is 1.00 bits per heavy atom. The predicted molar refractivity (Wildman–Crippen MR) is 86.1 cm³/mol. The molecule has 0 aliphatic heterocycles. The Kier molecular flexibility index (Phi) is 4.22. The van der Waals surface area contributed by atoms with Crippen molar-refractivity contribution in [2.24, 2.45) is 0 Å². The first-order valence-electron chi connectivity index (χ1n) is 7.33. The van der Waals surface area contributed by atoms with Crippen LogP contribution in [0.4, 0.5) is 0 Å². The molecule has 106 valence electrons. The molecule has 1 aromatic carbocycles. The van der Waals surface area contributed by atoms with Gasteiger partial charge in [-0.25, -0.2) is 0 Å². The van der Waals surface area contributed by atoms with Crippen LogP contribution in [0.3, 0.4) is 0 Å². The second kappa shape index (κ2) is 6.46. The number of nitrogens with zero attached hydrogens (tertiary/aromatic N) is 2. The number of likely N-dealkylation sites (N-methyl/N-ethyl adjacent to an activating group) is 1. The highest BCUT2D eigenvalue weighted by Gasteiger charge is 2.14. The van der Waals surface area contributed by atoms with Crippen molar-refractivity contribution in [1.29, 1.82) is 0 Å². The zero-order chi connectivity index (χ0) is 14.5. The van der Waals surface area contributed by atoms with E-state index in [1.807, 2.05) is 30.9 Å². The van der Waals surface area contributed by atoms with Crippen molar-refractivity contribution in [1.82, 2.24) is 15.3 Å². The fourth-order valence-corrected chi connectivity index (χ4v) is 2.73. The average Bonchev–Trinajstić information content (AvgIpc) is 2.55. The first-order chi connectivity index (χ1) is 10.4. The Morgan fingerprint density at radius 2 is 1.90 bits per heavy atom. The van der Waals surface area contributed by atoms with E-state index in [4.69, 9.17) is 0 Å². The molecular weight excluding hydrogens is 258 g/mol. The van der Waals surface area contributed by atoms with Gasteiger partial charge in [0.25, 0.3) is 0 Å². The van der Waals surface area contributed by atoms with Gasteiger partial charge in [0.1, 0.15) is 0 Å². The van der Waals surface area contributed by atoms with Gasteiger partial charge in [0, 0.05) is 36.2 Å². The number of pyridine rings is 2. The van der Waals surface area contributed by atoms with Crippen molar-refractivity contribution >= 4 is 10.8 Å².